The van der Waals surface area contributed by atoms with Crippen LogP contribution in [-0.2, 0) is 11.8 Å². The number of ether oxygens (including phenoxy) is 1. The quantitative estimate of drug-likeness (QED) is 0.150. The first-order valence-electron chi connectivity index (χ1n) is 16.9. The van der Waals surface area contributed by atoms with E-state index in [-0.39, 0.29) is 5.41 Å². The highest BCUT2D eigenvalue weighted by Gasteiger charge is 2.35. The van der Waals surface area contributed by atoms with Crippen molar-refractivity contribution >= 4 is 27.2 Å². The molecule has 2 nitrogen and oxygen atoms in total. The zero-order chi connectivity index (χ0) is 30.8. The summed E-state index contributed by atoms with van der Waals surface area (Å²) in [6.45, 7) is 10.4. The van der Waals surface area contributed by atoms with Gasteiger partial charge in [-0.2, -0.15) is 0 Å². The van der Waals surface area contributed by atoms with Gasteiger partial charge in [0.1, 0.15) is 0 Å². The van der Waals surface area contributed by atoms with Gasteiger partial charge in [-0.05, 0) is 70.2 Å². The highest BCUT2D eigenvalue weighted by Crippen LogP contribution is 2.47. The number of nitrogens with zero attached hydrogens (tertiary/aromatic N) is 1. The normalized spacial score (nSPS) is 17.1. The van der Waals surface area contributed by atoms with E-state index in [1.165, 1.54) is 77.1 Å². The van der Waals surface area contributed by atoms with E-state index < -0.39 is 0 Å². The first-order chi connectivity index (χ1) is 22.0. The van der Waals surface area contributed by atoms with E-state index in [2.05, 4.69) is 128 Å². The number of anilines is 1. The monoisotopic (exact) mass is 591 g/mol. The molecule has 2 aliphatic rings. The Kier molecular flexibility index (Phi) is 8.23. The largest absolute Gasteiger partial charge is 0.438 e. The smallest absolute Gasteiger partial charge is 0.200 e. The minimum atomic E-state index is -0.354. The first-order valence-corrected chi connectivity index (χ1v) is 16.9. The Morgan fingerprint density at radius 1 is 0.822 bits per heavy atom. The minimum Gasteiger partial charge on any atom is -0.438 e. The number of hydrogen-bond donors (Lipinski definition) is 0. The molecule has 1 aliphatic heterocycles. The van der Waals surface area contributed by atoms with Gasteiger partial charge in [0.25, 0.3) is 0 Å². The van der Waals surface area contributed by atoms with E-state index >= 15 is 0 Å². The molecule has 0 radical (unpaired) electrons. The van der Waals surface area contributed by atoms with E-state index in [0.29, 0.717) is 0 Å². The topological polar surface area (TPSA) is 12.5 Å². The van der Waals surface area contributed by atoms with Crippen LogP contribution in [0.4, 0.5) is 5.69 Å². The van der Waals surface area contributed by atoms with Crippen molar-refractivity contribution in [2.75, 3.05) is 11.4 Å². The molecular weight excluding hydrogens is 546 g/mol. The Balaban J connectivity index is 1.28. The number of rotatable bonds is 10. The molecule has 1 fully saturated rings. The van der Waals surface area contributed by atoms with Crippen molar-refractivity contribution in [3.8, 4) is 5.75 Å². The molecule has 1 heterocycles. The summed E-state index contributed by atoms with van der Waals surface area (Å²) < 4.78 is 6.86. The van der Waals surface area contributed by atoms with Gasteiger partial charge in [-0.3, -0.25) is 0 Å². The average Bonchev–Trinajstić information content (AvgIpc) is 3.71. The van der Waals surface area contributed by atoms with Crippen molar-refractivity contribution in [2.24, 2.45) is 5.92 Å². The molecule has 7 rings (SSSR count). The fraction of sp³-hybridized carbons (Fsp3) is 0.302. The van der Waals surface area contributed by atoms with E-state index in [4.69, 9.17) is 11.3 Å². The second-order valence-electron chi connectivity index (χ2n) is 13.5. The summed E-state index contributed by atoms with van der Waals surface area (Å²) in [5.41, 5.74) is 5.81. The zero-order valence-corrected chi connectivity index (χ0v) is 26.9. The van der Waals surface area contributed by atoms with Crippen molar-refractivity contribution in [1.82, 2.24) is 0 Å². The third kappa shape index (κ3) is 5.79. The molecule has 0 amide bonds. The second-order valence-corrected chi connectivity index (χ2v) is 13.5. The van der Waals surface area contributed by atoms with Crippen LogP contribution in [0, 0.1) is 12.8 Å². The predicted octanol–water partition coefficient (Wildman–Crippen LogP) is 11.5. The lowest BCUT2D eigenvalue weighted by Gasteiger charge is -2.35. The van der Waals surface area contributed by atoms with Gasteiger partial charge in [-0.1, -0.05) is 149 Å². The highest BCUT2D eigenvalue weighted by atomic mass is 16.5. The van der Waals surface area contributed by atoms with Gasteiger partial charge < -0.3 is 9.64 Å². The van der Waals surface area contributed by atoms with Gasteiger partial charge in [-0.25, -0.2) is 0 Å². The lowest BCUT2D eigenvalue weighted by molar-refractivity contribution is 0.432. The predicted molar refractivity (Wildman–Crippen MR) is 191 cm³/mol. The molecule has 0 bridgehead atoms. The van der Waals surface area contributed by atoms with Crippen molar-refractivity contribution in [1.29, 1.82) is 0 Å². The molecule has 0 N–H and O–H groups in total. The molecule has 45 heavy (non-hydrogen) atoms. The maximum Gasteiger partial charge on any atom is 0.200 e. The van der Waals surface area contributed by atoms with E-state index in [1.54, 1.807) is 0 Å². The maximum atomic E-state index is 6.86. The van der Waals surface area contributed by atoms with Gasteiger partial charge in [0.2, 0.25) is 5.88 Å². The van der Waals surface area contributed by atoms with Crippen molar-refractivity contribution in [3.05, 3.63) is 144 Å². The molecule has 2 heteroatoms. The number of hydrogen-bond acceptors (Lipinski definition) is 2. The summed E-state index contributed by atoms with van der Waals surface area (Å²) in [6.07, 6.45) is 12.5. The lowest BCUT2D eigenvalue weighted by atomic mass is 9.69. The number of fused-ring (bicyclic) bond motifs is 4. The van der Waals surface area contributed by atoms with Gasteiger partial charge in [-0.15, -0.1) is 0 Å². The van der Waals surface area contributed by atoms with Crippen LogP contribution in [0.25, 0.3) is 21.5 Å². The van der Waals surface area contributed by atoms with Gasteiger partial charge >= 0.3 is 0 Å². The maximum absolute atomic E-state index is 6.86. The van der Waals surface area contributed by atoms with Crippen molar-refractivity contribution < 1.29 is 4.74 Å². The van der Waals surface area contributed by atoms with Crippen LogP contribution < -0.4 is 9.64 Å². The average molecular weight is 592 g/mol. The van der Waals surface area contributed by atoms with Gasteiger partial charge in [0.15, 0.2) is 5.75 Å². The number of unbranched alkanes of at least 4 members (excludes halogenated alkanes) is 1. The molecule has 1 unspecified atom stereocenters. The van der Waals surface area contributed by atoms with Crippen LogP contribution in [0.2, 0.25) is 0 Å². The lowest BCUT2D eigenvalue weighted by Crippen LogP contribution is -2.30. The molecule has 1 atom stereocenters. The third-order valence-electron chi connectivity index (χ3n) is 10.4. The Bertz CT molecular complexity index is 1860. The Hall–Kier alpha value is -4.30. The molecule has 0 spiro atoms. The summed E-state index contributed by atoms with van der Waals surface area (Å²) >= 11 is 0. The molecule has 1 aliphatic carbocycles. The van der Waals surface area contributed by atoms with Crippen LogP contribution >= 0.6 is 0 Å². The Morgan fingerprint density at radius 3 is 2.27 bits per heavy atom. The standard InChI is InChI=1S/C43H45NO/c1-31-24-25-35-20-9-11-22-37(35)41(31)43(3,30-34-18-5-4-6-19-34)32(2)29-40-44(28-14-13-17-33-15-7-8-16-33)39-27-26-36-21-10-12-23-38(36)42(39)45-40/h4-6,9-12,18-27,29,33H,2,7-8,13-17,28,30H2,1,3H3/b40-29-. The number of aryl methyl sites for hydroxylation is 1. The van der Waals surface area contributed by atoms with Crippen LogP contribution in [0.1, 0.15) is 68.6 Å². The molecule has 0 saturated heterocycles. The fourth-order valence-electron chi connectivity index (χ4n) is 7.96. The van der Waals surface area contributed by atoms with Crippen molar-refractivity contribution in [2.45, 2.75) is 70.6 Å². The summed E-state index contributed by atoms with van der Waals surface area (Å²) in [4.78, 5) is 2.42. The first kappa shape index (κ1) is 29.4. The number of benzene rings is 5. The van der Waals surface area contributed by atoms with Gasteiger partial charge in [0.05, 0.1) is 5.69 Å². The van der Waals surface area contributed by atoms with Crippen LogP contribution in [0.3, 0.4) is 0 Å². The van der Waals surface area contributed by atoms with E-state index in [0.717, 1.165) is 47.9 Å². The van der Waals surface area contributed by atoms with Gasteiger partial charge in [0, 0.05) is 23.4 Å². The summed E-state index contributed by atoms with van der Waals surface area (Å²) in [5, 5.41) is 4.92. The van der Waals surface area contributed by atoms with E-state index in [9.17, 15) is 0 Å². The zero-order valence-electron chi connectivity index (χ0n) is 26.9. The van der Waals surface area contributed by atoms with Crippen LogP contribution in [-0.4, -0.2) is 6.54 Å². The highest BCUT2D eigenvalue weighted by molar-refractivity contribution is 5.95. The molecule has 5 aromatic rings. The van der Waals surface area contributed by atoms with Crippen LogP contribution in [0.5, 0.6) is 5.75 Å². The molecule has 1 saturated carbocycles. The second kappa shape index (κ2) is 12.6. The SMILES string of the molecule is C=C(/C=C1\Oc2c(ccc3ccccc23)N1CCCCC1CCCC1)C(C)(Cc1ccccc1)c1c(C)ccc2ccccc12. The molecular formula is C43H45NO. The summed E-state index contributed by atoms with van der Waals surface area (Å²) in [5.74, 6) is 2.78. The molecule has 228 valence electrons. The fourth-order valence-corrected chi connectivity index (χ4v) is 7.96. The summed E-state index contributed by atoms with van der Waals surface area (Å²) in [6, 6.07) is 37.2. The third-order valence-corrected chi connectivity index (χ3v) is 10.4. The van der Waals surface area contributed by atoms with Crippen LogP contribution in [0.15, 0.2) is 127 Å². The van der Waals surface area contributed by atoms with E-state index in [1.807, 2.05) is 0 Å². The minimum absolute atomic E-state index is 0.354. The molecule has 0 aromatic heterocycles. The number of allylic oxidation sites excluding steroid dienone is 2. The summed E-state index contributed by atoms with van der Waals surface area (Å²) in [7, 11) is 0. The van der Waals surface area contributed by atoms with Crippen molar-refractivity contribution in [3.63, 3.8) is 0 Å². The Labute approximate surface area is 269 Å². The Morgan fingerprint density at radius 2 is 1.49 bits per heavy atom. The molecule has 5 aromatic carbocycles.